The van der Waals surface area contributed by atoms with E-state index in [9.17, 15) is 4.79 Å². The fourth-order valence-electron chi connectivity index (χ4n) is 3.43. The van der Waals surface area contributed by atoms with Gasteiger partial charge in [0.2, 0.25) is 11.9 Å². The Kier molecular flexibility index (Phi) is 7.47. The zero-order valence-corrected chi connectivity index (χ0v) is 19.8. The number of anilines is 2. The highest BCUT2D eigenvalue weighted by Crippen LogP contribution is 2.19. The molecule has 0 saturated heterocycles. The van der Waals surface area contributed by atoms with E-state index in [1.807, 2.05) is 48.5 Å². The number of hydrogen-bond donors (Lipinski definition) is 2. The van der Waals surface area contributed by atoms with Crippen molar-refractivity contribution in [3.05, 3.63) is 89.5 Å². The van der Waals surface area contributed by atoms with Crippen LogP contribution in [0.3, 0.4) is 0 Å². The lowest BCUT2D eigenvalue weighted by Gasteiger charge is -2.08. The Morgan fingerprint density at radius 3 is 1.91 bits per heavy atom. The second kappa shape index (κ2) is 11.1. The molecule has 9 nitrogen and oxygen atoms in total. The van der Waals surface area contributed by atoms with Crippen molar-refractivity contribution < 1.29 is 19.0 Å². The van der Waals surface area contributed by atoms with E-state index in [1.54, 1.807) is 45.6 Å². The molecule has 0 atom stereocenters. The molecule has 2 N–H and O–H groups in total. The summed E-state index contributed by atoms with van der Waals surface area (Å²) in [5.74, 6) is 2.50. The van der Waals surface area contributed by atoms with Gasteiger partial charge in [0.05, 0.1) is 21.3 Å². The first-order chi connectivity index (χ1) is 17.1. The third-order valence-electron chi connectivity index (χ3n) is 5.31. The van der Waals surface area contributed by atoms with Gasteiger partial charge >= 0.3 is 0 Å². The van der Waals surface area contributed by atoms with Gasteiger partial charge in [0, 0.05) is 18.7 Å². The molecule has 0 amide bonds. The van der Waals surface area contributed by atoms with Crippen LogP contribution in [0.2, 0.25) is 0 Å². The Hall–Kier alpha value is -4.53. The predicted molar refractivity (Wildman–Crippen MR) is 133 cm³/mol. The summed E-state index contributed by atoms with van der Waals surface area (Å²) in [6.45, 7) is 0.897. The summed E-state index contributed by atoms with van der Waals surface area (Å²) in [5.41, 5.74) is 2.43. The minimum absolute atomic E-state index is 0.317. The maximum absolute atomic E-state index is 13.3. The maximum atomic E-state index is 13.3. The first-order valence-corrected chi connectivity index (χ1v) is 11.0. The van der Waals surface area contributed by atoms with E-state index in [1.165, 1.54) is 4.68 Å². The Labute approximate surface area is 203 Å². The van der Waals surface area contributed by atoms with Crippen LogP contribution in [-0.4, -0.2) is 42.0 Å². The summed E-state index contributed by atoms with van der Waals surface area (Å²) < 4.78 is 17.0. The van der Waals surface area contributed by atoms with E-state index >= 15 is 0 Å². The maximum Gasteiger partial charge on any atom is 0.281 e. The van der Waals surface area contributed by atoms with Crippen molar-refractivity contribution in [1.29, 1.82) is 0 Å². The monoisotopic (exact) mass is 473 g/mol. The molecule has 1 aromatic heterocycles. The van der Waals surface area contributed by atoms with Crippen LogP contribution in [0.25, 0.3) is 0 Å². The van der Waals surface area contributed by atoms with Crippen molar-refractivity contribution in [1.82, 2.24) is 14.8 Å². The molecule has 0 aliphatic heterocycles. The molecule has 0 aliphatic rings. The highest BCUT2D eigenvalue weighted by Gasteiger charge is 2.18. The standard InChI is InChI=1S/C26H27N5O4/c1-33-21-12-10-20(11-13-21)24(32)31-26(28-17-19-7-5-9-23(15-19)35-3)29-25(30-31)27-16-18-6-4-8-22(14-18)34-2/h4-15H,16-17H2,1-3H3,(H2,27,28,29,30). The Morgan fingerprint density at radius 2 is 1.34 bits per heavy atom. The molecule has 180 valence electrons. The lowest BCUT2D eigenvalue weighted by Crippen LogP contribution is -2.17. The minimum Gasteiger partial charge on any atom is -0.497 e. The van der Waals surface area contributed by atoms with Crippen molar-refractivity contribution in [2.45, 2.75) is 13.1 Å². The van der Waals surface area contributed by atoms with E-state index in [0.29, 0.717) is 36.3 Å². The van der Waals surface area contributed by atoms with Gasteiger partial charge in [-0.25, -0.2) is 0 Å². The molecule has 0 fully saturated rings. The smallest absolute Gasteiger partial charge is 0.281 e. The van der Waals surface area contributed by atoms with E-state index in [4.69, 9.17) is 14.2 Å². The summed E-state index contributed by atoms with van der Waals surface area (Å²) in [7, 11) is 4.83. The summed E-state index contributed by atoms with van der Waals surface area (Å²) in [4.78, 5) is 17.8. The number of carbonyl (C=O) groups is 1. The van der Waals surface area contributed by atoms with Gasteiger partial charge in [-0.1, -0.05) is 24.3 Å². The summed E-state index contributed by atoms with van der Waals surface area (Å²) in [5, 5.41) is 10.8. The summed E-state index contributed by atoms with van der Waals surface area (Å²) in [6.07, 6.45) is 0. The number of rotatable bonds is 10. The van der Waals surface area contributed by atoms with Gasteiger partial charge in [0.1, 0.15) is 17.2 Å². The largest absolute Gasteiger partial charge is 0.497 e. The van der Waals surface area contributed by atoms with Crippen LogP contribution in [0.4, 0.5) is 11.9 Å². The van der Waals surface area contributed by atoms with E-state index in [-0.39, 0.29) is 5.91 Å². The molecule has 35 heavy (non-hydrogen) atoms. The number of ether oxygens (including phenoxy) is 3. The molecule has 4 aromatic rings. The normalized spacial score (nSPS) is 10.5. The van der Waals surface area contributed by atoms with Crippen molar-refractivity contribution >= 4 is 17.8 Å². The minimum atomic E-state index is -0.317. The Bertz CT molecular complexity index is 1290. The molecular formula is C26H27N5O4. The van der Waals surface area contributed by atoms with Crippen molar-refractivity contribution in [2.24, 2.45) is 0 Å². The van der Waals surface area contributed by atoms with Gasteiger partial charge in [-0.2, -0.15) is 9.67 Å². The van der Waals surface area contributed by atoms with Crippen molar-refractivity contribution in [2.75, 3.05) is 32.0 Å². The number of nitrogens with one attached hydrogen (secondary N) is 2. The molecule has 0 aliphatic carbocycles. The van der Waals surface area contributed by atoms with Crippen molar-refractivity contribution in [3.8, 4) is 17.2 Å². The van der Waals surface area contributed by atoms with E-state index < -0.39 is 0 Å². The second-order valence-electron chi connectivity index (χ2n) is 7.61. The van der Waals surface area contributed by atoms with Crippen LogP contribution in [0.5, 0.6) is 17.2 Å². The Balaban J connectivity index is 1.57. The number of aromatic nitrogens is 3. The molecule has 9 heteroatoms. The zero-order chi connectivity index (χ0) is 24.6. The highest BCUT2D eigenvalue weighted by atomic mass is 16.5. The van der Waals surface area contributed by atoms with E-state index in [2.05, 4.69) is 20.7 Å². The van der Waals surface area contributed by atoms with Crippen molar-refractivity contribution in [3.63, 3.8) is 0 Å². The Morgan fingerprint density at radius 1 is 0.771 bits per heavy atom. The SMILES string of the molecule is COc1ccc(C(=O)n2nc(NCc3cccc(OC)c3)nc2NCc2cccc(OC)c2)cc1. The topological polar surface area (TPSA) is 99.5 Å². The second-order valence-corrected chi connectivity index (χ2v) is 7.61. The number of nitrogens with zero attached hydrogens (tertiary/aromatic N) is 3. The molecule has 0 radical (unpaired) electrons. The lowest BCUT2D eigenvalue weighted by molar-refractivity contribution is 0.0947. The third kappa shape index (κ3) is 5.89. The predicted octanol–water partition coefficient (Wildman–Crippen LogP) is 4.22. The molecule has 3 aromatic carbocycles. The lowest BCUT2D eigenvalue weighted by atomic mass is 10.2. The molecule has 0 bridgehead atoms. The van der Waals surface area contributed by atoms with Gasteiger partial charge in [-0.05, 0) is 59.7 Å². The molecule has 0 unspecified atom stereocenters. The average Bonchev–Trinajstić information content (AvgIpc) is 3.33. The van der Waals surface area contributed by atoms with Crippen LogP contribution in [0, 0.1) is 0 Å². The summed E-state index contributed by atoms with van der Waals surface area (Å²) in [6, 6.07) is 22.2. The molecule has 4 rings (SSSR count). The molecule has 0 spiro atoms. The first kappa shape index (κ1) is 23.6. The number of methoxy groups -OCH3 is 3. The van der Waals surface area contributed by atoms with Crippen LogP contribution in [0.1, 0.15) is 21.5 Å². The van der Waals surface area contributed by atoms with E-state index in [0.717, 1.165) is 22.6 Å². The molecule has 1 heterocycles. The zero-order valence-electron chi connectivity index (χ0n) is 19.8. The van der Waals surface area contributed by atoms with Crippen LogP contribution < -0.4 is 24.8 Å². The van der Waals surface area contributed by atoms with Gasteiger partial charge in [-0.15, -0.1) is 5.10 Å². The van der Waals surface area contributed by atoms with Crippen LogP contribution >= 0.6 is 0 Å². The fraction of sp³-hybridized carbons (Fsp3) is 0.192. The average molecular weight is 474 g/mol. The summed E-state index contributed by atoms with van der Waals surface area (Å²) >= 11 is 0. The third-order valence-corrected chi connectivity index (χ3v) is 5.31. The van der Waals surface area contributed by atoms with Gasteiger partial charge in [0.15, 0.2) is 0 Å². The number of hydrogen-bond acceptors (Lipinski definition) is 8. The number of carbonyl (C=O) groups excluding carboxylic acids is 1. The van der Waals surface area contributed by atoms with Crippen LogP contribution in [-0.2, 0) is 13.1 Å². The van der Waals surface area contributed by atoms with Gasteiger partial charge in [-0.3, -0.25) is 4.79 Å². The quantitative estimate of drug-likeness (QED) is 0.353. The highest BCUT2D eigenvalue weighted by molar-refractivity contribution is 5.97. The van der Waals surface area contributed by atoms with Gasteiger partial charge < -0.3 is 24.8 Å². The van der Waals surface area contributed by atoms with Gasteiger partial charge in [0.25, 0.3) is 5.91 Å². The fourth-order valence-corrected chi connectivity index (χ4v) is 3.43. The molecular weight excluding hydrogens is 446 g/mol. The molecule has 0 saturated carbocycles. The first-order valence-electron chi connectivity index (χ1n) is 11.0. The van der Waals surface area contributed by atoms with Crippen LogP contribution in [0.15, 0.2) is 72.8 Å². The number of benzene rings is 3.